The van der Waals surface area contributed by atoms with Gasteiger partial charge in [0, 0.05) is 12.7 Å². The van der Waals surface area contributed by atoms with Gasteiger partial charge in [-0.25, -0.2) is 8.78 Å². The van der Waals surface area contributed by atoms with Gasteiger partial charge in [0.1, 0.15) is 11.6 Å². The molecular weight excluding hydrogens is 210 g/mol. The largest absolute Gasteiger partial charge is 0.396 e. The van der Waals surface area contributed by atoms with Crippen molar-refractivity contribution >= 4 is 0 Å². The number of aliphatic hydroxyl groups is 1. The highest BCUT2D eigenvalue weighted by Crippen LogP contribution is 2.40. The van der Waals surface area contributed by atoms with E-state index in [1.165, 1.54) is 12.1 Å². The molecule has 1 N–H and O–H groups in total. The molecule has 1 aliphatic carbocycles. The summed E-state index contributed by atoms with van der Waals surface area (Å²) in [5, 5.41) is 9.43. The fraction of sp³-hybridized carbons (Fsp3) is 0.538. The summed E-state index contributed by atoms with van der Waals surface area (Å²) in [6, 6.07) is 3.67. The van der Waals surface area contributed by atoms with Crippen molar-refractivity contribution in [2.75, 3.05) is 6.61 Å². The maximum atomic E-state index is 13.5. The van der Waals surface area contributed by atoms with Crippen LogP contribution in [-0.4, -0.2) is 11.7 Å². The van der Waals surface area contributed by atoms with Crippen molar-refractivity contribution in [2.24, 2.45) is 5.41 Å². The number of halogens is 2. The minimum absolute atomic E-state index is 0.0871. The van der Waals surface area contributed by atoms with Gasteiger partial charge in [-0.1, -0.05) is 18.9 Å². The summed E-state index contributed by atoms with van der Waals surface area (Å²) in [5.41, 5.74) is 0.330. The maximum Gasteiger partial charge on any atom is 0.129 e. The second-order valence-corrected chi connectivity index (χ2v) is 4.78. The van der Waals surface area contributed by atoms with E-state index in [0.717, 1.165) is 31.7 Å². The zero-order valence-electron chi connectivity index (χ0n) is 9.18. The van der Waals surface area contributed by atoms with Crippen LogP contribution in [0.2, 0.25) is 0 Å². The van der Waals surface area contributed by atoms with Gasteiger partial charge in [0.25, 0.3) is 0 Å². The number of benzene rings is 1. The van der Waals surface area contributed by atoms with Gasteiger partial charge in [-0.3, -0.25) is 0 Å². The molecule has 1 nitrogen and oxygen atoms in total. The third-order valence-corrected chi connectivity index (χ3v) is 3.58. The lowest BCUT2D eigenvalue weighted by Crippen LogP contribution is -2.24. The van der Waals surface area contributed by atoms with Crippen LogP contribution >= 0.6 is 0 Å². The van der Waals surface area contributed by atoms with Gasteiger partial charge in [0.15, 0.2) is 0 Å². The molecule has 2 rings (SSSR count). The summed E-state index contributed by atoms with van der Waals surface area (Å²) in [5.74, 6) is -1.05. The molecule has 0 aliphatic heterocycles. The summed E-state index contributed by atoms with van der Waals surface area (Å²) in [7, 11) is 0. The first-order valence-corrected chi connectivity index (χ1v) is 5.70. The highest BCUT2D eigenvalue weighted by atomic mass is 19.1. The lowest BCUT2D eigenvalue weighted by molar-refractivity contribution is 0.129. The molecule has 0 aromatic heterocycles. The van der Waals surface area contributed by atoms with Crippen LogP contribution in [-0.2, 0) is 6.42 Å². The summed E-state index contributed by atoms with van der Waals surface area (Å²) in [4.78, 5) is 0. The van der Waals surface area contributed by atoms with E-state index >= 15 is 0 Å². The fourth-order valence-electron chi connectivity index (χ4n) is 2.58. The Morgan fingerprint density at radius 3 is 2.44 bits per heavy atom. The zero-order chi connectivity index (χ0) is 11.6. The Labute approximate surface area is 94.1 Å². The molecule has 1 fully saturated rings. The number of aliphatic hydroxyl groups excluding tert-OH is 1. The van der Waals surface area contributed by atoms with Crippen molar-refractivity contribution in [3.05, 3.63) is 35.4 Å². The summed E-state index contributed by atoms with van der Waals surface area (Å²) in [6.45, 7) is 0.0871. The maximum absolute atomic E-state index is 13.5. The molecule has 0 spiro atoms. The van der Waals surface area contributed by atoms with Crippen LogP contribution in [0.4, 0.5) is 8.78 Å². The molecule has 0 atom stereocenters. The molecule has 1 aromatic carbocycles. The Hall–Kier alpha value is -0.960. The number of rotatable bonds is 3. The first-order chi connectivity index (χ1) is 7.65. The van der Waals surface area contributed by atoms with E-state index in [1.54, 1.807) is 0 Å². The Morgan fingerprint density at radius 1 is 1.19 bits per heavy atom. The van der Waals surface area contributed by atoms with E-state index < -0.39 is 11.6 Å². The summed E-state index contributed by atoms with van der Waals surface area (Å²) in [6.07, 6.45) is 4.54. The average Bonchev–Trinajstić information content (AvgIpc) is 2.72. The van der Waals surface area contributed by atoms with Gasteiger partial charge in [-0.15, -0.1) is 0 Å². The van der Waals surface area contributed by atoms with Crippen LogP contribution < -0.4 is 0 Å². The minimum Gasteiger partial charge on any atom is -0.396 e. The molecule has 3 heteroatoms. The second kappa shape index (κ2) is 4.50. The molecule has 16 heavy (non-hydrogen) atoms. The Morgan fingerprint density at radius 2 is 1.88 bits per heavy atom. The second-order valence-electron chi connectivity index (χ2n) is 4.78. The van der Waals surface area contributed by atoms with Gasteiger partial charge in [-0.2, -0.15) is 0 Å². The zero-order valence-corrected chi connectivity index (χ0v) is 9.18. The Kier molecular flexibility index (Phi) is 3.24. The van der Waals surface area contributed by atoms with E-state index in [1.807, 2.05) is 0 Å². The first-order valence-electron chi connectivity index (χ1n) is 5.70. The van der Waals surface area contributed by atoms with E-state index in [0.29, 0.717) is 12.0 Å². The van der Waals surface area contributed by atoms with Crippen LogP contribution in [0, 0.1) is 17.0 Å². The van der Waals surface area contributed by atoms with Crippen molar-refractivity contribution in [1.29, 1.82) is 0 Å². The Bertz CT molecular complexity index is 370. The number of hydrogen-bond acceptors (Lipinski definition) is 1. The van der Waals surface area contributed by atoms with Crippen molar-refractivity contribution in [1.82, 2.24) is 0 Å². The molecule has 1 saturated carbocycles. The minimum atomic E-state index is -0.550. The van der Waals surface area contributed by atoms with Crippen molar-refractivity contribution < 1.29 is 13.9 Å². The molecular formula is C13H16F2O. The fourth-order valence-corrected chi connectivity index (χ4v) is 2.58. The lowest BCUT2D eigenvalue weighted by atomic mass is 9.81. The molecule has 0 bridgehead atoms. The first kappa shape index (κ1) is 11.5. The predicted molar refractivity (Wildman–Crippen MR) is 58.0 cm³/mol. The van der Waals surface area contributed by atoms with Crippen molar-refractivity contribution in [2.45, 2.75) is 32.1 Å². The van der Waals surface area contributed by atoms with Gasteiger partial charge >= 0.3 is 0 Å². The topological polar surface area (TPSA) is 20.2 Å². The normalized spacial score (nSPS) is 18.9. The third-order valence-electron chi connectivity index (χ3n) is 3.58. The van der Waals surface area contributed by atoms with Crippen LogP contribution in [0.3, 0.4) is 0 Å². The molecule has 0 amide bonds. The van der Waals surface area contributed by atoms with Gasteiger partial charge in [0.2, 0.25) is 0 Å². The highest BCUT2D eigenvalue weighted by molar-refractivity contribution is 5.20. The molecule has 88 valence electrons. The smallest absolute Gasteiger partial charge is 0.129 e. The van der Waals surface area contributed by atoms with E-state index in [4.69, 9.17) is 0 Å². The van der Waals surface area contributed by atoms with E-state index in [9.17, 15) is 13.9 Å². The molecule has 0 radical (unpaired) electrons. The summed E-state index contributed by atoms with van der Waals surface area (Å²) >= 11 is 0. The van der Waals surface area contributed by atoms with E-state index in [2.05, 4.69) is 0 Å². The Balaban J connectivity index is 2.19. The monoisotopic (exact) mass is 226 g/mol. The SMILES string of the molecule is OCC1(Cc2ccc(F)cc2F)CCCC1. The molecule has 0 saturated heterocycles. The molecule has 0 unspecified atom stereocenters. The molecule has 1 aromatic rings. The summed E-state index contributed by atoms with van der Waals surface area (Å²) < 4.78 is 26.2. The van der Waals surface area contributed by atoms with Gasteiger partial charge in [-0.05, 0) is 36.3 Å². The van der Waals surface area contributed by atoms with Crippen LogP contribution in [0.25, 0.3) is 0 Å². The van der Waals surface area contributed by atoms with Crippen LogP contribution in [0.15, 0.2) is 18.2 Å². The van der Waals surface area contributed by atoms with Gasteiger partial charge < -0.3 is 5.11 Å². The van der Waals surface area contributed by atoms with Crippen molar-refractivity contribution in [3.63, 3.8) is 0 Å². The molecule has 0 heterocycles. The van der Waals surface area contributed by atoms with Crippen LogP contribution in [0.5, 0.6) is 0 Å². The standard InChI is InChI=1S/C13H16F2O/c14-11-4-3-10(12(15)7-11)8-13(9-16)5-1-2-6-13/h3-4,7,16H,1-2,5-6,8-9H2. The van der Waals surface area contributed by atoms with Crippen LogP contribution in [0.1, 0.15) is 31.2 Å². The van der Waals surface area contributed by atoms with E-state index in [-0.39, 0.29) is 12.0 Å². The lowest BCUT2D eigenvalue weighted by Gasteiger charge is -2.26. The van der Waals surface area contributed by atoms with Gasteiger partial charge in [0.05, 0.1) is 0 Å². The third kappa shape index (κ3) is 2.24. The molecule has 1 aliphatic rings. The quantitative estimate of drug-likeness (QED) is 0.839. The van der Waals surface area contributed by atoms with Crippen molar-refractivity contribution in [3.8, 4) is 0 Å². The predicted octanol–water partition coefficient (Wildman–Crippen LogP) is 3.06. The number of hydrogen-bond donors (Lipinski definition) is 1. The average molecular weight is 226 g/mol. The highest BCUT2D eigenvalue weighted by Gasteiger charge is 2.33.